The van der Waals surface area contributed by atoms with E-state index in [9.17, 15) is 0 Å². The predicted molar refractivity (Wildman–Crippen MR) is 57.3 cm³/mol. The Morgan fingerprint density at radius 2 is 1.75 bits per heavy atom. The van der Waals surface area contributed by atoms with E-state index in [1.807, 2.05) is 0 Å². The Morgan fingerprint density at radius 3 is 2.00 bits per heavy atom. The van der Waals surface area contributed by atoms with E-state index in [1.54, 1.807) is 0 Å². The van der Waals surface area contributed by atoms with Gasteiger partial charge in [0, 0.05) is 0 Å². The van der Waals surface area contributed by atoms with Crippen molar-refractivity contribution in [3.8, 4) is 0 Å². The summed E-state index contributed by atoms with van der Waals surface area (Å²) >= 11 is 0. The molecule has 0 rings (SSSR count). The van der Waals surface area contributed by atoms with Crippen LogP contribution in [0, 0.1) is 11.8 Å². The van der Waals surface area contributed by atoms with E-state index in [1.165, 1.54) is 31.3 Å². The minimum absolute atomic E-state index is 0.759. The molecule has 0 saturated heterocycles. The number of hydrogen-bond acceptors (Lipinski definition) is 0. The van der Waals surface area contributed by atoms with Crippen LogP contribution in [0.15, 0.2) is 12.2 Å². The van der Waals surface area contributed by atoms with Crippen LogP contribution in [0.4, 0.5) is 0 Å². The summed E-state index contributed by atoms with van der Waals surface area (Å²) in [6, 6.07) is 0. The molecule has 0 spiro atoms. The van der Waals surface area contributed by atoms with Crippen LogP contribution in [-0.4, -0.2) is 0 Å². The van der Waals surface area contributed by atoms with Gasteiger partial charge in [0.2, 0.25) is 0 Å². The molecule has 0 aromatic rings. The van der Waals surface area contributed by atoms with Gasteiger partial charge in [-0.2, -0.15) is 0 Å². The van der Waals surface area contributed by atoms with Crippen molar-refractivity contribution >= 4 is 0 Å². The molecule has 0 radical (unpaired) electrons. The van der Waals surface area contributed by atoms with Crippen molar-refractivity contribution in [3.63, 3.8) is 0 Å². The fraction of sp³-hybridized carbons (Fsp3) is 0.833. The van der Waals surface area contributed by atoms with Crippen molar-refractivity contribution in [2.24, 2.45) is 11.8 Å². The second kappa shape index (κ2) is 6.28. The first-order valence-electron chi connectivity index (χ1n) is 5.32. The summed E-state index contributed by atoms with van der Waals surface area (Å²) in [5.41, 5.74) is 1.37. The van der Waals surface area contributed by atoms with Gasteiger partial charge in [0.05, 0.1) is 0 Å². The minimum Gasteiger partial charge on any atom is -0.0999 e. The topological polar surface area (TPSA) is 0 Å². The molecule has 2 atom stereocenters. The quantitative estimate of drug-likeness (QED) is 0.515. The van der Waals surface area contributed by atoms with Crippen LogP contribution in [0.1, 0.15) is 53.4 Å². The van der Waals surface area contributed by atoms with Crippen molar-refractivity contribution in [1.29, 1.82) is 0 Å². The molecule has 0 aliphatic carbocycles. The van der Waals surface area contributed by atoms with Crippen molar-refractivity contribution in [1.82, 2.24) is 0 Å². The highest BCUT2D eigenvalue weighted by Crippen LogP contribution is 2.28. The second-order valence-electron chi connectivity index (χ2n) is 3.82. The number of allylic oxidation sites excluding steroid dienone is 1. The Bertz CT molecular complexity index is 124. The average molecular weight is 168 g/mol. The lowest BCUT2D eigenvalue weighted by Gasteiger charge is -2.25. The Balaban J connectivity index is 4.12. The highest BCUT2D eigenvalue weighted by Gasteiger charge is 2.17. The van der Waals surface area contributed by atoms with Gasteiger partial charge in [-0.25, -0.2) is 0 Å². The van der Waals surface area contributed by atoms with Gasteiger partial charge in [-0.05, 0) is 25.2 Å². The van der Waals surface area contributed by atoms with Crippen LogP contribution in [0.3, 0.4) is 0 Å². The molecule has 0 bridgehead atoms. The summed E-state index contributed by atoms with van der Waals surface area (Å²) in [6.07, 6.45) is 5.23. The average Bonchev–Trinajstić information content (AvgIpc) is 2.03. The van der Waals surface area contributed by atoms with E-state index in [4.69, 9.17) is 0 Å². The summed E-state index contributed by atoms with van der Waals surface area (Å²) in [5.74, 6) is 1.63. The summed E-state index contributed by atoms with van der Waals surface area (Å²) < 4.78 is 0. The molecule has 12 heavy (non-hydrogen) atoms. The van der Waals surface area contributed by atoms with Crippen LogP contribution in [0.2, 0.25) is 0 Å². The standard InChI is InChI=1S/C12H24/c1-6-9-11(7-2)12(8-3)10(4)5/h11-12H,4,6-9H2,1-3,5H3. The Morgan fingerprint density at radius 1 is 1.17 bits per heavy atom. The molecule has 0 amide bonds. The van der Waals surface area contributed by atoms with Crippen LogP contribution in [0.5, 0.6) is 0 Å². The fourth-order valence-corrected chi connectivity index (χ4v) is 2.14. The lowest BCUT2D eigenvalue weighted by molar-refractivity contribution is 0.333. The maximum absolute atomic E-state index is 4.08. The van der Waals surface area contributed by atoms with E-state index in [0.717, 1.165) is 11.8 Å². The molecule has 0 nitrogen and oxygen atoms in total. The first-order valence-corrected chi connectivity index (χ1v) is 5.32. The van der Waals surface area contributed by atoms with E-state index < -0.39 is 0 Å². The number of hydrogen-bond donors (Lipinski definition) is 0. The maximum atomic E-state index is 4.08. The second-order valence-corrected chi connectivity index (χ2v) is 3.82. The third-order valence-electron chi connectivity index (χ3n) is 2.83. The van der Waals surface area contributed by atoms with Gasteiger partial charge in [-0.3, -0.25) is 0 Å². The van der Waals surface area contributed by atoms with Gasteiger partial charge >= 0.3 is 0 Å². The lowest BCUT2D eigenvalue weighted by Crippen LogP contribution is -2.14. The zero-order valence-electron chi connectivity index (χ0n) is 9.19. The predicted octanol–water partition coefficient (Wildman–Crippen LogP) is 4.42. The highest BCUT2D eigenvalue weighted by atomic mass is 14.2. The van der Waals surface area contributed by atoms with Crippen LogP contribution in [-0.2, 0) is 0 Å². The van der Waals surface area contributed by atoms with Gasteiger partial charge in [0.25, 0.3) is 0 Å². The summed E-state index contributed by atoms with van der Waals surface area (Å²) in [7, 11) is 0. The maximum Gasteiger partial charge on any atom is -0.0183 e. The molecule has 0 N–H and O–H groups in total. The van der Waals surface area contributed by atoms with Crippen molar-refractivity contribution in [2.75, 3.05) is 0 Å². The molecule has 0 fully saturated rings. The largest absolute Gasteiger partial charge is 0.0999 e. The van der Waals surface area contributed by atoms with Crippen molar-refractivity contribution in [3.05, 3.63) is 12.2 Å². The van der Waals surface area contributed by atoms with E-state index in [2.05, 4.69) is 34.3 Å². The molecule has 0 aliphatic rings. The zero-order chi connectivity index (χ0) is 9.56. The van der Waals surface area contributed by atoms with E-state index >= 15 is 0 Å². The van der Waals surface area contributed by atoms with Crippen LogP contribution >= 0.6 is 0 Å². The summed E-state index contributed by atoms with van der Waals surface area (Å²) in [4.78, 5) is 0. The van der Waals surface area contributed by atoms with Crippen molar-refractivity contribution < 1.29 is 0 Å². The summed E-state index contributed by atoms with van der Waals surface area (Å²) in [5, 5.41) is 0. The third-order valence-corrected chi connectivity index (χ3v) is 2.83. The molecule has 0 heteroatoms. The number of rotatable bonds is 6. The molecule has 0 aromatic heterocycles. The van der Waals surface area contributed by atoms with Gasteiger partial charge in [0.1, 0.15) is 0 Å². The molecule has 0 heterocycles. The Labute approximate surface area is 78.1 Å². The Hall–Kier alpha value is -0.260. The Kier molecular flexibility index (Phi) is 6.14. The van der Waals surface area contributed by atoms with E-state index in [0.29, 0.717) is 0 Å². The third kappa shape index (κ3) is 3.42. The zero-order valence-corrected chi connectivity index (χ0v) is 9.19. The molecule has 0 aliphatic heterocycles. The van der Waals surface area contributed by atoms with E-state index in [-0.39, 0.29) is 0 Å². The molecule has 72 valence electrons. The normalized spacial score (nSPS) is 15.7. The van der Waals surface area contributed by atoms with Gasteiger partial charge in [-0.1, -0.05) is 52.2 Å². The molecule has 0 aromatic carbocycles. The molecule has 0 saturated carbocycles. The van der Waals surface area contributed by atoms with Gasteiger partial charge in [0.15, 0.2) is 0 Å². The van der Waals surface area contributed by atoms with Gasteiger partial charge in [-0.15, -0.1) is 0 Å². The summed E-state index contributed by atoms with van der Waals surface area (Å²) in [6.45, 7) is 13.1. The smallest absolute Gasteiger partial charge is 0.0183 e. The molecular weight excluding hydrogens is 144 g/mol. The lowest BCUT2D eigenvalue weighted by atomic mass is 9.81. The molecular formula is C12H24. The molecule has 2 unspecified atom stereocenters. The SMILES string of the molecule is C=C(C)C(CC)C(CC)CCC. The van der Waals surface area contributed by atoms with Gasteiger partial charge < -0.3 is 0 Å². The first kappa shape index (κ1) is 11.7. The highest BCUT2D eigenvalue weighted by molar-refractivity contribution is 4.98. The minimum atomic E-state index is 0.759. The van der Waals surface area contributed by atoms with Crippen LogP contribution in [0.25, 0.3) is 0 Å². The van der Waals surface area contributed by atoms with Crippen LogP contribution < -0.4 is 0 Å². The van der Waals surface area contributed by atoms with Crippen molar-refractivity contribution in [2.45, 2.75) is 53.4 Å². The monoisotopic (exact) mass is 168 g/mol. The fourth-order valence-electron chi connectivity index (χ4n) is 2.14. The first-order chi connectivity index (χ1) is 5.67.